The van der Waals surface area contributed by atoms with Crippen LogP contribution in [0.5, 0.6) is 0 Å². The Kier molecular flexibility index (Phi) is 4.77. The predicted molar refractivity (Wildman–Crippen MR) is 82.4 cm³/mol. The first-order valence-corrected chi connectivity index (χ1v) is 8.46. The van der Waals surface area contributed by atoms with Crippen LogP contribution < -0.4 is 4.90 Å². The fourth-order valence-corrected chi connectivity index (χ4v) is 3.66. The highest BCUT2D eigenvalue weighted by Gasteiger charge is 2.26. The Balaban J connectivity index is 2.27. The Morgan fingerprint density at radius 3 is 2.47 bits per heavy atom. The minimum Gasteiger partial charge on any atom is -0.366 e. The number of halogens is 3. The molecule has 1 aliphatic heterocycles. The second-order valence-electron chi connectivity index (χ2n) is 5.39. The molecule has 0 saturated carbocycles. The van der Waals surface area contributed by atoms with Crippen molar-refractivity contribution in [2.24, 2.45) is 0 Å². The van der Waals surface area contributed by atoms with Crippen molar-refractivity contribution in [2.75, 3.05) is 23.7 Å². The molecule has 19 heavy (non-hydrogen) atoms. The summed E-state index contributed by atoms with van der Waals surface area (Å²) in [6.07, 6.45) is 0.927. The van der Waals surface area contributed by atoms with Crippen LogP contribution in [0.3, 0.4) is 0 Å². The molecular formula is C14H18BrF2NS. The molecule has 2 rings (SSSR count). The molecule has 0 atom stereocenters. The Labute approximate surface area is 125 Å². The largest absolute Gasteiger partial charge is 0.366 e. The van der Waals surface area contributed by atoms with E-state index in [9.17, 15) is 8.78 Å². The van der Waals surface area contributed by atoms with Gasteiger partial charge in [0.05, 0.1) is 0 Å². The van der Waals surface area contributed by atoms with E-state index in [-0.39, 0.29) is 10.4 Å². The second-order valence-corrected chi connectivity index (χ2v) is 7.75. The van der Waals surface area contributed by atoms with Crippen molar-refractivity contribution in [2.45, 2.75) is 30.3 Å². The van der Waals surface area contributed by atoms with Crippen LogP contribution in [0.4, 0.5) is 14.5 Å². The molecule has 0 spiro atoms. The van der Waals surface area contributed by atoms with Gasteiger partial charge in [-0.2, -0.15) is 11.8 Å². The van der Waals surface area contributed by atoms with Crippen molar-refractivity contribution in [3.63, 3.8) is 0 Å². The summed E-state index contributed by atoms with van der Waals surface area (Å²) in [5.41, 5.74) is 0.756. The highest BCUT2D eigenvalue weighted by molar-refractivity contribution is 9.08. The topological polar surface area (TPSA) is 3.24 Å². The first-order chi connectivity index (χ1) is 8.93. The van der Waals surface area contributed by atoms with E-state index in [1.54, 1.807) is 0 Å². The Morgan fingerprint density at radius 1 is 1.26 bits per heavy atom. The van der Waals surface area contributed by atoms with Crippen LogP contribution in [0.2, 0.25) is 0 Å². The number of thioether (sulfide) groups is 1. The first kappa shape index (κ1) is 15.1. The van der Waals surface area contributed by atoms with Gasteiger partial charge in [-0.15, -0.1) is 0 Å². The molecule has 1 nitrogen and oxygen atoms in total. The van der Waals surface area contributed by atoms with Gasteiger partial charge in [-0.25, -0.2) is 8.78 Å². The van der Waals surface area contributed by atoms with Crippen LogP contribution in [-0.4, -0.2) is 23.6 Å². The molecule has 5 heteroatoms. The number of alkyl halides is 1. The monoisotopic (exact) mass is 349 g/mol. The zero-order valence-electron chi connectivity index (χ0n) is 11.2. The molecule has 0 radical (unpaired) electrons. The summed E-state index contributed by atoms with van der Waals surface area (Å²) in [6, 6.07) is 2.83. The molecule has 1 aromatic carbocycles. The average Bonchev–Trinajstić information content (AvgIpc) is 2.50. The minimum absolute atomic E-state index is 0.128. The van der Waals surface area contributed by atoms with Gasteiger partial charge in [-0.3, -0.25) is 0 Å². The molecule has 1 heterocycles. The molecule has 1 aliphatic rings. The summed E-state index contributed by atoms with van der Waals surface area (Å²) in [6.45, 7) is 5.75. The summed E-state index contributed by atoms with van der Waals surface area (Å²) in [5, 5.41) is 0.462. The van der Waals surface area contributed by atoms with E-state index in [1.165, 1.54) is 12.1 Å². The summed E-state index contributed by atoms with van der Waals surface area (Å²) < 4.78 is 28.4. The van der Waals surface area contributed by atoms with E-state index >= 15 is 0 Å². The maximum atomic E-state index is 14.1. The van der Waals surface area contributed by atoms with Gasteiger partial charge < -0.3 is 4.90 Å². The average molecular weight is 350 g/mol. The van der Waals surface area contributed by atoms with Crippen molar-refractivity contribution in [3.05, 3.63) is 29.3 Å². The molecule has 0 N–H and O–H groups in total. The SMILES string of the molecule is CC1(C)CCN(c2c(F)cc(CBr)cc2F)CCS1. The van der Waals surface area contributed by atoms with E-state index in [1.807, 2.05) is 16.7 Å². The van der Waals surface area contributed by atoms with Crippen LogP contribution in [0.15, 0.2) is 12.1 Å². The summed E-state index contributed by atoms with van der Waals surface area (Å²) in [4.78, 5) is 1.84. The van der Waals surface area contributed by atoms with E-state index < -0.39 is 11.6 Å². The lowest BCUT2D eigenvalue weighted by atomic mass is 10.1. The lowest BCUT2D eigenvalue weighted by Crippen LogP contribution is -2.28. The van der Waals surface area contributed by atoms with Crippen LogP contribution >= 0.6 is 27.7 Å². The molecule has 1 fully saturated rings. The lowest BCUT2D eigenvalue weighted by Gasteiger charge is -2.25. The van der Waals surface area contributed by atoms with Crippen molar-refractivity contribution in [1.82, 2.24) is 0 Å². The fraction of sp³-hybridized carbons (Fsp3) is 0.571. The van der Waals surface area contributed by atoms with Gasteiger partial charge in [0.25, 0.3) is 0 Å². The quantitative estimate of drug-likeness (QED) is 0.718. The predicted octanol–water partition coefficient (Wildman–Crippen LogP) is 4.58. The van der Waals surface area contributed by atoms with Crippen molar-refractivity contribution in [1.29, 1.82) is 0 Å². The van der Waals surface area contributed by atoms with Crippen LogP contribution in [-0.2, 0) is 5.33 Å². The molecule has 0 amide bonds. The molecule has 0 aromatic heterocycles. The number of anilines is 1. The standard InChI is InChI=1S/C14H18BrF2NS/c1-14(2)3-4-18(5-6-19-14)13-11(16)7-10(9-15)8-12(13)17/h7-8H,3-6,9H2,1-2H3. The molecule has 0 bridgehead atoms. The Hall–Kier alpha value is -0.290. The maximum absolute atomic E-state index is 14.1. The third-order valence-corrected chi connectivity index (χ3v) is 5.40. The summed E-state index contributed by atoms with van der Waals surface area (Å²) >= 11 is 5.09. The molecule has 0 unspecified atom stereocenters. The molecule has 1 saturated heterocycles. The highest BCUT2D eigenvalue weighted by Crippen LogP contribution is 2.34. The van der Waals surface area contributed by atoms with E-state index in [2.05, 4.69) is 29.8 Å². The molecule has 0 aliphatic carbocycles. The van der Waals surface area contributed by atoms with E-state index in [0.29, 0.717) is 24.0 Å². The summed E-state index contributed by atoms with van der Waals surface area (Å²) in [7, 11) is 0. The van der Waals surface area contributed by atoms with Gasteiger partial charge in [0, 0.05) is 28.9 Å². The Morgan fingerprint density at radius 2 is 1.89 bits per heavy atom. The van der Waals surface area contributed by atoms with Gasteiger partial charge in [0.15, 0.2) is 0 Å². The number of rotatable bonds is 2. The lowest BCUT2D eigenvalue weighted by molar-refractivity contribution is 0.561. The summed E-state index contributed by atoms with van der Waals surface area (Å²) in [5.74, 6) is -0.0233. The minimum atomic E-state index is -0.459. The highest BCUT2D eigenvalue weighted by atomic mass is 79.9. The zero-order valence-corrected chi connectivity index (χ0v) is 13.6. The number of hydrogen-bond donors (Lipinski definition) is 0. The van der Waals surface area contributed by atoms with Crippen LogP contribution in [0.25, 0.3) is 0 Å². The van der Waals surface area contributed by atoms with Gasteiger partial charge >= 0.3 is 0 Å². The molecular weight excluding hydrogens is 332 g/mol. The van der Waals surface area contributed by atoms with Crippen molar-refractivity contribution < 1.29 is 8.78 Å². The second kappa shape index (κ2) is 6.00. The van der Waals surface area contributed by atoms with E-state index in [0.717, 1.165) is 12.2 Å². The third-order valence-electron chi connectivity index (χ3n) is 3.38. The van der Waals surface area contributed by atoms with E-state index in [4.69, 9.17) is 0 Å². The first-order valence-electron chi connectivity index (χ1n) is 6.36. The van der Waals surface area contributed by atoms with Gasteiger partial charge in [0.2, 0.25) is 0 Å². The number of benzene rings is 1. The van der Waals surface area contributed by atoms with Crippen LogP contribution in [0, 0.1) is 11.6 Å². The molecule has 106 valence electrons. The van der Waals surface area contributed by atoms with Crippen LogP contribution in [0.1, 0.15) is 25.8 Å². The zero-order chi connectivity index (χ0) is 14.0. The van der Waals surface area contributed by atoms with Crippen molar-refractivity contribution >= 4 is 33.4 Å². The number of hydrogen-bond acceptors (Lipinski definition) is 2. The van der Waals surface area contributed by atoms with Crippen molar-refractivity contribution in [3.8, 4) is 0 Å². The Bertz CT molecular complexity index is 442. The normalized spacial score (nSPS) is 19.3. The molecule has 1 aromatic rings. The maximum Gasteiger partial charge on any atom is 0.149 e. The van der Waals surface area contributed by atoms with Gasteiger partial charge in [-0.1, -0.05) is 29.8 Å². The van der Waals surface area contributed by atoms with Gasteiger partial charge in [-0.05, 0) is 24.1 Å². The number of nitrogens with zero attached hydrogens (tertiary/aromatic N) is 1. The third kappa shape index (κ3) is 3.63. The van der Waals surface area contributed by atoms with Gasteiger partial charge in [0.1, 0.15) is 17.3 Å². The smallest absolute Gasteiger partial charge is 0.149 e. The fourth-order valence-electron chi connectivity index (χ4n) is 2.24.